The Morgan fingerprint density at radius 3 is 1.38 bits per heavy atom. The van der Waals surface area contributed by atoms with E-state index in [1.807, 2.05) is 0 Å². The van der Waals surface area contributed by atoms with Gasteiger partial charge in [-0.1, -0.05) is 0 Å². The van der Waals surface area contributed by atoms with Crippen molar-refractivity contribution >= 4 is 7.60 Å². The molecule has 0 spiro atoms. The van der Waals surface area contributed by atoms with Crippen molar-refractivity contribution in [1.29, 1.82) is 0 Å². The highest BCUT2D eigenvalue weighted by molar-refractivity contribution is 7.53. The van der Waals surface area contributed by atoms with Gasteiger partial charge < -0.3 is 40.4 Å². The summed E-state index contributed by atoms with van der Waals surface area (Å²) in [6.07, 6.45) is -11.4. The zero-order chi connectivity index (χ0) is 12.9. The third-order valence-electron chi connectivity index (χ3n) is 2.68. The van der Waals surface area contributed by atoms with Crippen molar-refractivity contribution in [2.75, 3.05) is 0 Å². The molecular formula is C6H13O9P. The van der Waals surface area contributed by atoms with Gasteiger partial charge in [0, 0.05) is 0 Å². The molecular weight excluding hydrogens is 247 g/mol. The van der Waals surface area contributed by atoms with Crippen molar-refractivity contribution in [3.63, 3.8) is 0 Å². The summed E-state index contributed by atoms with van der Waals surface area (Å²) in [5.41, 5.74) is 0. The number of aliphatic hydroxyl groups is 6. The van der Waals surface area contributed by atoms with Gasteiger partial charge in [-0.05, 0) is 0 Å². The van der Waals surface area contributed by atoms with Crippen LogP contribution in [0, 0.1) is 0 Å². The predicted octanol–water partition coefficient (Wildman–Crippen LogP) is -4.33. The minimum absolute atomic E-state index is 2.03. The van der Waals surface area contributed by atoms with E-state index < -0.39 is 43.5 Å². The molecule has 10 heteroatoms. The maximum Gasteiger partial charge on any atom is 0.362 e. The fourth-order valence-electron chi connectivity index (χ4n) is 1.60. The summed E-state index contributed by atoms with van der Waals surface area (Å²) in [5.74, 6) is 0. The van der Waals surface area contributed by atoms with Crippen LogP contribution in [0.2, 0.25) is 0 Å². The monoisotopic (exact) mass is 260 g/mol. The molecule has 9 nitrogen and oxygen atoms in total. The zero-order valence-corrected chi connectivity index (χ0v) is 8.71. The molecule has 1 aliphatic carbocycles. The standard InChI is InChI=1S/C6H13O9P/c7-1-2(8)4(10)6(12,16(13,14)15)5(11)3(1)9/h1-5,7-12H,(H2,13,14,15)/t1?,2-,3-,4-,5+,6?/m1/s1. The van der Waals surface area contributed by atoms with Crippen molar-refractivity contribution in [1.82, 2.24) is 0 Å². The van der Waals surface area contributed by atoms with Gasteiger partial charge in [0.1, 0.15) is 30.5 Å². The normalized spacial score (nSPS) is 50.4. The number of hydrogen-bond donors (Lipinski definition) is 8. The molecule has 8 N–H and O–H groups in total. The molecule has 0 radical (unpaired) electrons. The van der Waals surface area contributed by atoms with Gasteiger partial charge in [0.05, 0.1) is 0 Å². The molecule has 6 atom stereocenters. The molecule has 16 heavy (non-hydrogen) atoms. The van der Waals surface area contributed by atoms with Crippen LogP contribution in [0.25, 0.3) is 0 Å². The first-order chi connectivity index (χ1) is 7.05. The van der Waals surface area contributed by atoms with E-state index in [1.165, 1.54) is 0 Å². The smallest absolute Gasteiger partial charge is 0.362 e. The predicted molar refractivity (Wildman–Crippen MR) is 47.0 cm³/mol. The summed E-state index contributed by atoms with van der Waals surface area (Å²) < 4.78 is 10.9. The van der Waals surface area contributed by atoms with E-state index in [0.29, 0.717) is 0 Å². The second kappa shape index (κ2) is 3.98. The summed E-state index contributed by atoms with van der Waals surface area (Å²) in [6, 6.07) is 0. The largest absolute Gasteiger partial charge is 0.387 e. The van der Waals surface area contributed by atoms with Crippen LogP contribution in [-0.2, 0) is 4.57 Å². The van der Waals surface area contributed by atoms with Crippen LogP contribution in [0.5, 0.6) is 0 Å². The summed E-state index contributed by atoms with van der Waals surface area (Å²) >= 11 is 0. The summed E-state index contributed by atoms with van der Waals surface area (Å²) in [7, 11) is -5.44. The van der Waals surface area contributed by atoms with Gasteiger partial charge in [-0.2, -0.15) is 0 Å². The Labute approximate surface area is 89.4 Å². The Hall–Kier alpha value is -0.0900. The van der Waals surface area contributed by atoms with Gasteiger partial charge in [0.15, 0.2) is 0 Å². The van der Waals surface area contributed by atoms with Gasteiger partial charge in [-0.15, -0.1) is 0 Å². The molecule has 96 valence electrons. The average Bonchev–Trinajstić information content (AvgIpc) is 2.19. The maximum absolute atomic E-state index is 10.9. The summed E-state index contributed by atoms with van der Waals surface area (Å²) in [6.45, 7) is 0. The number of aliphatic hydroxyl groups excluding tert-OH is 5. The molecule has 0 aliphatic heterocycles. The fourth-order valence-corrected chi connectivity index (χ4v) is 2.59. The molecule has 1 rings (SSSR count). The molecule has 1 fully saturated rings. The van der Waals surface area contributed by atoms with Gasteiger partial charge in [-0.3, -0.25) is 4.57 Å². The Bertz CT molecular complexity index is 297. The minimum atomic E-state index is -5.44. The first kappa shape index (κ1) is 14.0. The van der Waals surface area contributed by atoms with E-state index >= 15 is 0 Å². The lowest BCUT2D eigenvalue weighted by molar-refractivity contribution is -0.243. The molecule has 2 unspecified atom stereocenters. The Balaban J connectivity index is 3.24. The Morgan fingerprint density at radius 2 is 1.12 bits per heavy atom. The van der Waals surface area contributed by atoms with E-state index in [9.17, 15) is 19.9 Å². The molecule has 1 saturated carbocycles. The topological polar surface area (TPSA) is 179 Å². The van der Waals surface area contributed by atoms with Crippen molar-refractivity contribution in [3.8, 4) is 0 Å². The minimum Gasteiger partial charge on any atom is -0.387 e. The highest BCUT2D eigenvalue weighted by Crippen LogP contribution is 2.55. The molecule has 0 saturated heterocycles. The first-order valence-corrected chi connectivity index (χ1v) is 5.84. The number of hydrogen-bond acceptors (Lipinski definition) is 7. The van der Waals surface area contributed by atoms with Crippen LogP contribution in [0.4, 0.5) is 0 Å². The van der Waals surface area contributed by atoms with Crippen LogP contribution < -0.4 is 0 Å². The Kier molecular flexibility index (Phi) is 3.48. The fraction of sp³-hybridized carbons (Fsp3) is 1.00. The van der Waals surface area contributed by atoms with E-state index in [-0.39, 0.29) is 0 Å². The Morgan fingerprint density at radius 1 is 0.812 bits per heavy atom. The molecule has 1 aliphatic rings. The molecule has 0 bridgehead atoms. The van der Waals surface area contributed by atoms with Crippen LogP contribution in [0.1, 0.15) is 0 Å². The number of rotatable bonds is 1. The molecule has 0 heterocycles. The van der Waals surface area contributed by atoms with Crippen molar-refractivity contribution < 1.29 is 45.0 Å². The van der Waals surface area contributed by atoms with E-state index in [0.717, 1.165) is 0 Å². The summed E-state index contributed by atoms with van der Waals surface area (Å²) in [5, 5.41) is 52.0. The van der Waals surface area contributed by atoms with Crippen LogP contribution in [0.3, 0.4) is 0 Å². The molecule has 0 amide bonds. The highest BCUT2D eigenvalue weighted by atomic mass is 31.2. The lowest BCUT2D eigenvalue weighted by Gasteiger charge is -2.47. The van der Waals surface area contributed by atoms with Crippen LogP contribution in [-0.4, -0.2) is 76.3 Å². The first-order valence-electron chi connectivity index (χ1n) is 4.23. The van der Waals surface area contributed by atoms with Crippen LogP contribution >= 0.6 is 7.60 Å². The van der Waals surface area contributed by atoms with Crippen LogP contribution in [0.15, 0.2) is 0 Å². The van der Waals surface area contributed by atoms with Gasteiger partial charge in [0.2, 0.25) is 5.34 Å². The molecule has 0 aromatic rings. The second-order valence-corrected chi connectivity index (χ2v) is 5.49. The van der Waals surface area contributed by atoms with E-state index in [4.69, 9.17) is 25.1 Å². The van der Waals surface area contributed by atoms with Gasteiger partial charge in [0.25, 0.3) is 0 Å². The van der Waals surface area contributed by atoms with Crippen molar-refractivity contribution in [2.24, 2.45) is 0 Å². The zero-order valence-electron chi connectivity index (χ0n) is 7.82. The lowest BCUT2D eigenvalue weighted by atomic mass is 9.84. The SMILES string of the molecule is O=P(O)(O)C1(O)[C@H](O)[C@H](O)C(O)[C@@H](O)[C@@H]1O. The quantitative estimate of drug-likeness (QED) is 0.216. The average molecular weight is 260 g/mol. The lowest BCUT2D eigenvalue weighted by Crippen LogP contribution is -2.70. The maximum atomic E-state index is 10.9. The third kappa shape index (κ3) is 1.70. The highest BCUT2D eigenvalue weighted by Gasteiger charge is 2.66. The van der Waals surface area contributed by atoms with Gasteiger partial charge in [-0.25, -0.2) is 0 Å². The third-order valence-corrected chi connectivity index (χ3v) is 4.15. The van der Waals surface area contributed by atoms with Gasteiger partial charge >= 0.3 is 7.60 Å². The van der Waals surface area contributed by atoms with Crippen molar-refractivity contribution in [3.05, 3.63) is 0 Å². The molecule has 0 aromatic heterocycles. The summed E-state index contributed by atoms with van der Waals surface area (Å²) in [4.78, 5) is 17.6. The van der Waals surface area contributed by atoms with E-state index in [1.54, 1.807) is 0 Å². The molecule has 0 aromatic carbocycles. The second-order valence-electron chi connectivity index (χ2n) is 3.69. The van der Waals surface area contributed by atoms with Crippen molar-refractivity contribution in [2.45, 2.75) is 35.9 Å². The van der Waals surface area contributed by atoms with E-state index in [2.05, 4.69) is 0 Å².